The fourth-order valence-electron chi connectivity index (χ4n) is 1.14. The highest BCUT2D eigenvalue weighted by Gasteiger charge is 2.28. The van der Waals surface area contributed by atoms with E-state index >= 15 is 0 Å². The number of rotatable bonds is 3. The number of ether oxygens (including phenoxy) is 1. The first-order valence-corrected chi connectivity index (χ1v) is 5.48. The van der Waals surface area contributed by atoms with Crippen molar-refractivity contribution in [2.24, 2.45) is 5.92 Å². The van der Waals surface area contributed by atoms with Crippen LogP contribution in [0, 0.1) is 5.92 Å². The van der Waals surface area contributed by atoms with Gasteiger partial charge < -0.3 is 14.4 Å². The molecule has 1 fully saturated rings. The second-order valence-corrected chi connectivity index (χ2v) is 3.77. The average Bonchev–Trinajstić information content (AvgIpc) is 3.12. The lowest BCUT2D eigenvalue weighted by Crippen LogP contribution is -1.94. The largest absolute Gasteiger partial charge is 0.481 e. The predicted octanol–water partition coefficient (Wildman–Crippen LogP) is 2.34. The molecule has 1 aliphatic carbocycles. The van der Waals surface area contributed by atoms with E-state index in [1.807, 2.05) is 30.3 Å². The zero-order chi connectivity index (χ0) is 12.8. The maximum Gasteiger partial charge on any atom is 0.306 e. The maximum absolute atomic E-state index is 9.76. The number of aliphatic carboxylic acids is 1. The Hall–Kier alpha value is -2.37. The summed E-state index contributed by atoms with van der Waals surface area (Å²) in [4.78, 5) is 9.76. The number of hydrogen-bond donors (Lipinski definition) is 1. The molecule has 94 valence electrons. The summed E-state index contributed by atoms with van der Waals surface area (Å²) < 4.78 is 9.75. The summed E-state index contributed by atoms with van der Waals surface area (Å²) in [6, 6.07) is 9.32. The Morgan fingerprint density at radius 3 is 2.50 bits per heavy atom. The number of carboxylic acid groups (broad SMARTS) is 1. The van der Waals surface area contributed by atoms with E-state index in [1.165, 1.54) is 6.26 Å². The van der Waals surface area contributed by atoms with Crippen molar-refractivity contribution >= 4 is 5.97 Å². The standard InChI is InChI=1S/C8H6N2O2.C4H6O2/c1-2-4-7(5-3-1)12-8-6-11-10-9-8;5-4(6)3-1-2-3/h1-6H;3H,1-2H2,(H,5,6). The molecule has 1 heterocycles. The molecule has 2 aromatic rings. The molecule has 0 spiro atoms. The third-order valence-corrected chi connectivity index (χ3v) is 2.23. The van der Waals surface area contributed by atoms with Crippen LogP contribution in [0.4, 0.5) is 0 Å². The van der Waals surface area contributed by atoms with E-state index in [0.717, 1.165) is 12.8 Å². The molecule has 3 rings (SSSR count). The number of nitrogens with zero attached hydrogens (tertiary/aromatic N) is 2. The Morgan fingerprint density at radius 2 is 2.06 bits per heavy atom. The number of carboxylic acids is 1. The second kappa shape index (κ2) is 5.81. The van der Waals surface area contributed by atoms with Gasteiger partial charge in [-0.15, -0.1) is 0 Å². The van der Waals surface area contributed by atoms with E-state index in [0.29, 0.717) is 11.6 Å². The molecule has 0 saturated heterocycles. The van der Waals surface area contributed by atoms with Crippen LogP contribution in [0.3, 0.4) is 0 Å². The molecule has 0 amide bonds. The van der Waals surface area contributed by atoms with Gasteiger partial charge in [0.2, 0.25) is 0 Å². The van der Waals surface area contributed by atoms with Gasteiger partial charge in [0.05, 0.1) is 5.92 Å². The van der Waals surface area contributed by atoms with E-state index in [4.69, 9.17) is 9.84 Å². The Balaban J connectivity index is 0.000000169. The van der Waals surface area contributed by atoms with Gasteiger partial charge in [-0.25, -0.2) is 0 Å². The van der Waals surface area contributed by atoms with E-state index in [2.05, 4.69) is 14.9 Å². The molecule has 1 saturated carbocycles. The zero-order valence-corrected chi connectivity index (χ0v) is 9.52. The minimum absolute atomic E-state index is 0.0185. The lowest BCUT2D eigenvalue weighted by molar-refractivity contribution is -0.138. The minimum Gasteiger partial charge on any atom is -0.481 e. The molecule has 6 nitrogen and oxygen atoms in total. The monoisotopic (exact) mass is 248 g/mol. The van der Waals surface area contributed by atoms with Crippen molar-refractivity contribution in [1.82, 2.24) is 10.4 Å². The normalized spacial score (nSPS) is 13.3. The Bertz CT molecular complexity index is 480. The zero-order valence-electron chi connectivity index (χ0n) is 9.52. The number of aromatic nitrogens is 2. The van der Waals surface area contributed by atoms with E-state index < -0.39 is 5.97 Å². The smallest absolute Gasteiger partial charge is 0.306 e. The van der Waals surface area contributed by atoms with Crippen LogP contribution in [0.5, 0.6) is 11.6 Å². The molecular weight excluding hydrogens is 236 g/mol. The Kier molecular flexibility index (Phi) is 3.90. The summed E-state index contributed by atoms with van der Waals surface area (Å²) in [5, 5.41) is 14.9. The summed E-state index contributed by atoms with van der Waals surface area (Å²) in [5.41, 5.74) is 0. The lowest BCUT2D eigenvalue weighted by atomic mass is 10.3. The first-order valence-electron chi connectivity index (χ1n) is 5.48. The van der Waals surface area contributed by atoms with Gasteiger partial charge in [-0.05, 0) is 25.0 Å². The van der Waals surface area contributed by atoms with Crippen molar-refractivity contribution in [2.75, 3.05) is 0 Å². The summed E-state index contributed by atoms with van der Waals surface area (Å²) in [7, 11) is 0. The van der Waals surface area contributed by atoms with Crippen LogP contribution >= 0.6 is 0 Å². The minimum atomic E-state index is -0.630. The first kappa shape index (κ1) is 12.1. The molecule has 0 unspecified atom stereocenters. The number of carbonyl (C=O) groups is 1. The van der Waals surface area contributed by atoms with Gasteiger partial charge >= 0.3 is 5.97 Å². The van der Waals surface area contributed by atoms with Crippen LogP contribution in [0.2, 0.25) is 0 Å². The van der Waals surface area contributed by atoms with Gasteiger partial charge in [0, 0.05) is 5.27 Å². The van der Waals surface area contributed by atoms with Crippen LogP contribution in [0.15, 0.2) is 41.1 Å². The number of benzene rings is 1. The molecule has 1 N–H and O–H groups in total. The predicted molar refractivity (Wildman–Crippen MR) is 61.2 cm³/mol. The van der Waals surface area contributed by atoms with Crippen LogP contribution < -0.4 is 4.74 Å². The lowest BCUT2D eigenvalue weighted by Gasteiger charge is -1.97. The molecule has 1 aliphatic rings. The van der Waals surface area contributed by atoms with Crippen LogP contribution in [-0.2, 0) is 4.79 Å². The highest BCUT2D eigenvalue weighted by Crippen LogP contribution is 2.28. The Morgan fingerprint density at radius 1 is 1.33 bits per heavy atom. The summed E-state index contributed by atoms with van der Waals surface area (Å²) in [6.45, 7) is 0. The van der Waals surface area contributed by atoms with Crippen molar-refractivity contribution in [3.63, 3.8) is 0 Å². The van der Waals surface area contributed by atoms with Gasteiger partial charge in [-0.1, -0.05) is 23.3 Å². The van der Waals surface area contributed by atoms with Crippen LogP contribution in [0.1, 0.15) is 12.8 Å². The first-order chi connectivity index (χ1) is 8.75. The molecule has 0 radical (unpaired) electrons. The van der Waals surface area contributed by atoms with E-state index in [1.54, 1.807) is 0 Å². The molecule has 18 heavy (non-hydrogen) atoms. The van der Waals surface area contributed by atoms with Crippen molar-refractivity contribution in [2.45, 2.75) is 12.8 Å². The highest BCUT2D eigenvalue weighted by atomic mass is 16.5. The molecule has 6 heteroatoms. The summed E-state index contributed by atoms with van der Waals surface area (Å²) >= 11 is 0. The molecule has 1 aromatic heterocycles. The second-order valence-electron chi connectivity index (χ2n) is 3.77. The number of para-hydroxylation sites is 1. The SMILES string of the molecule is O=C(O)C1CC1.c1ccc(Oc2conn2)cc1. The third kappa shape index (κ3) is 3.89. The van der Waals surface area contributed by atoms with Gasteiger partial charge in [0.15, 0.2) is 6.26 Å². The number of hydrogen-bond acceptors (Lipinski definition) is 5. The topological polar surface area (TPSA) is 85.5 Å². The van der Waals surface area contributed by atoms with Gasteiger partial charge in [0.25, 0.3) is 5.88 Å². The summed E-state index contributed by atoms with van der Waals surface area (Å²) in [5.74, 6) is 0.467. The average molecular weight is 248 g/mol. The van der Waals surface area contributed by atoms with Crippen molar-refractivity contribution in [3.05, 3.63) is 36.6 Å². The van der Waals surface area contributed by atoms with Crippen molar-refractivity contribution < 1.29 is 19.2 Å². The van der Waals surface area contributed by atoms with Crippen molar-refractivity contribution in [3.8, 4) is 11.6 Å². The summed E-state index contributed by atoms with van der Waals surface area (Å²) in [6.07, 6.45) is 3.14. The quantitative estimate of drug-likeness (QED) is 0.897. The molecule has 1 aromatic carbocycles. The Labute approximate surface area is 103 Å². The van der Waals surface area contributed by atoms with Crippen LogP contribution in [0.25, 0.3) is 0 Å². The highest BCUT2D eigenvalue weighted by molar-refractivity contribution is 5.72. The van der Waals surface area contributed by atoms with E-state index in [-0.39, 0.29) is 5.92 Å². The fraction of sp³-hybridized carbons (Fsp3) is 0.250. The van der Waals surface area contributed by atoms with Crippen molar-refractivity contribution in [1.29, 1.82) is 0 Å². The third-order valence-electron chi connectivity index (χ3n) is 2.23. The van der Waals surface area contributed by atoms with Crippen LogP contribution in [-0.4, -0.2) is 21.4 Å². The molecular formula is C12H12N2O4. The molecule has 0 atom stereocenters. The van der Waals surface area contributed by atoms with Gasteiger partial charge in [-0.2, -0.15) is 0 Å². The van der Waals surface area contributed by atoms with Gasteiger partial charge in [0.1, 0.15) is 5.75 Å². The molecule has 0 aliphatic heterocycles. The fourth-order valence-corrected chi connectivity index (χ4v) is 1.14. The maximum atomic E-state index is 9.76. The molecule has 0 bridgehead atoms. The van der Waals surface area contributed by atoms with Gasteiger partial charge in [-0.3, -0.25) is 4.79 Å². The van der Waals surface area contributed by atoms with E-state index in [9.17, 15) is 4.79 Å².